The Morgan fingerprint density at radius 1 is 1.56 bits per heavy atom. The van der Waals surface area contributed by atoms with Crippen LogP contribution in [0.5, 0.6) is 0 Å². The van der Waals surface area contributed by atoms with Crippen molar-refractivity contribution in [2.24, 2.45) is 5.11 Å². The first kappa shape index (κ1) is 13.5. The maximum absolute atomic E-state index is 11.6. The average molecular weight is 249 g/mol. The molecule has 8 nitrogen and oxygen atoms in total. The number of carbonyl (C=O) groups excluding carboxylic acids is 1. The van der Waals surface area contributed by atoms with Crippen LogP contribution in [0.15, 0.2) is 23.4 Å². The third kappa shape index (κ3) is 4.11. The van der Waals surface area contributed by atoms with Gasteiger partial charge in [-0.3, -0.25) is 9.78 Å². The van der Waals surface area contributed by atoms with Crippen molar-refractivity contribution in [1.29, 1.82) is 0 Å². The minimum absolute atomic E-state index is 0.00392. The number of aromatic carboxylic acids is 1. The fraction of sp³-hybridized carbons (Fsp3) is 0.300. The highest BCUT2D eigenvalue weighted by atomic mass is 16.4. The van der Waals surface area contributed by atoms with E-state index in [2.05, 4.69) is 20.3 Å². The summed E-state index contributed by atoms with van der Waals surface area (Å²) in [6, 6.07) is 2.51. The molecule has 94 valence electrons. The predicted molar refractivity (Wildman–Crippen MR) is 62.2 cm³/mol. The maximum atomic E-state index is 11.6. The Bertz CT molecular complexity index is 496. The van der Waals surface area contributed by atoms with Crippen LogP contribution >= 0.6 is 0 Å². The van der Waals surface area contributed by atoms with E-state index in [0.29, 0.717) is 19.5 Å². The second-order valence-corrected chi connectivity index (χ2v) is 3.30. The van der Waals surface area contributed by atoms with Crippen LogP contribution in [0.4, 0.5) is 0 Å². The molecule has 1 rings (SSSR count). The number of azide groups is 1. The molecular weight excluding hydrogens is 238 g/mol. The maximum Gasteiger partial charge on any atom is 0.335 e. The summed E-state index contributed by atoms with van der Waals surface area (Å²) in [5.41, 5.74) is 8.09. The van der Waals surface area contributed by atoms with Crippen molar-refractivity contribution >= 4 is 11.9 Å². The summed E-state index contributed by atoms with van der Waals surface area (Å²) in [5, 5.41) is 14.6. The van der Waals surface area contributed by atoms with E-state index in [1.54, 1.807) is 0 Å². The number of carboxylic acids is 1. The lowest BCUT2D eigenvalue weighted by molar-refractivity contribution is 0.0696. The lowest BCUT2D eigenvalue weighted by Gasteiger charge is -2.03. The van der Waals surface area contributed by atoms with Gasteiger partial charge in [-0.05, 0) is 24.1 Å². The molecule has 0 aliphatic carbocycles. The van der Waals surface area contributed by atoms with Crippen molar-refractivity contribution in [2.75, 3.05) is 13.1 Å². The molecule has 0 saturated carbocycles. The molecule has 1 aromatic heterocycles. The largest absolute Gasteiger partial charge is 0.478 e. The van der Waals surface area contributed by atoms with Gasteiger partial charge >= 0.3 is 5.97 Å². The molecular formula is C10H11N5O3. The van der Waals surface area contributed by atoms with E-state index in [4.69, 9.17) is 10.6 Å². The Hall–Kier alpha value is -2.60. The molecule has 0 atom stereocenters. The zero-order valence-corrected chi connectivity index (χ0v) is 9.41. The molecule has 0 aromatic carbocycles. The molecule has 1 heterocycles. The average Bonchev–Trinajstić information content (AvgIpc) is 2.38. The van der Waals surface area contributed by atoms with E-state index in [1.807, 2.05) is 0 Å². The topological polar surface area (TPSA) is 128 Å². The molecule has 0 aliphatic heterocycles. The Morgan fingerprint density at radius 3 is 3.00 bits per heavy atom. The lowest BCUT2D eigenvalue weighted by atomic mass is 10.2. The van der Waals surface area contributed by atoms with Crippen LogP contribution in [0.3, 0.4) is 0 Å². The van der Waals surface area contributed by atoms with Gasteiger partial charge in [-0.25, -0.2) is 4.79 Å². The number of rotatable bonds is 6. The van der Waals surface area contributed by atoms with Crippen molar-refractivity contribution in [2.45, 2.75) is 6.42 Å². The number of hydrogen-bond acceptors (Lipinski definition) is 4. The second-order valence-electron chi connectivity index (χ2n) is 3.30. The van der Waals surface area contributed by atoms with Gasteiger partial charge in [-0.1, -0.05) is 5.11 Å². The van der Waals surface area contributed by atoms with E-state index in [1.165, 1.54) is 18.3 Å². The van der Waals surface area contributed by atoms with Crippen LogP contribution in [0.1, 0.15) is 27.3 Å². The van der Waals surface area contributed by atoms with Gasteiger partial charge in [0, 0.05) is 24.2 Å². The summed E-state index contributed by atoms with van der Waals surface area (Å²) < 4.78 is 0. The molecule has 8 heteroatoms. The van der Waals surface area contributed by atoms with Gasteiger partial charge in [0.1, 0.15) is 5.69 Å². The highest BCUT2D eigenvalue weighted by molar-refractivity contribution is 5.95. The number of hydrogen-bond donors (Lipinski definition) is 2. The number of aromatic nitrogens is 1. The van der Waals surface area contributed by atoms with Crippen LogP contribution in [-0.2, 0) is 0 Å². The number of carbonyl (C=O) groups is 2. The molecule has 0 spiro atoms. The first-order valence-electron chi connectivity index (χ1n) is 5.13. The van der Waals surface area contributed by atoms with Crippen molar-refractivity contribution < 1.29 is 14.7 Å². The van der Waals surface area contributed by atoms with E-state index >= 15 is 0 Å². The molecule has 2 N–H and O–H groups in total. The second kappa shape index (κ2) is 6.87. The molecule has 1 aromatic rings. The van der Waals surface area contributed by atoms with Gasteiger partial charge in [-0.15, -0.1) is 0 Å². The Balaban J connectivity index is 2.53. The molecule has 18 heavy (non-hydrogen) atoms. The molecule has 0 radical (unpaired) electrons. The SMILES string of the molecule is [N-]=[N+]=NCCCNC(=O)c1cc(C(=O)O)ccn1. The van der Waals surface area contributed by atoms with Crippen LogP contribution in [0, 0.1) is 0 Å². The summed E-state index contributed by atoms with van der Waals surface area (Å²) in [7, 11) is 0. The fourth-order valence-corrected chi connectivity index (χ4v) is 1.17. The van der Waals surface area contributed by atoms with Crippen molar-refractivity contribution in [3.63, 3.8) is 0 Å². The molecule has 0 aliphatic rings. The van der Waals surface area contributed by atoms with Gasteiger partial charge in [0.05, 0.1) is 5.56 Å². The van der Waals surface area contributed by atoms with Gasteiger partial charge in [-0.2, -0.15) is 0 Å². The lowest BCUT2D eigenvalue weighted by Crippen LogP contribution is -2.26. The van der Waals surface area contributed by atoms with Crippen LogP contribution in [-0.4, -0.2) is 35.1 Å². The minimum atomic E-state index is -1.12. The predicted octanol–water partition coefficient (Wildman–Crippen LogP) is 1.21. The first-order valence-corrected chi connectivity index (χ1v) is 5.13. The van der Waals surface area contributed by atoms with Crippen molar-refractivity contribution in [3.8, 4) is 0 Å². The van der Waals surface area contributed by atoms with Crippen molar-refractivity contribution in [3.05, 3.63) is 40.0 Å². The smallest absolute Gasteiger partial charge is 0.335 e. The fourth-order valence-electron chi connectivity index (χ4n) is 1.17. The summed E-state index contributed by atoms with van der Waals surface area (Å²) in [4.78, 5) is 28.6. The highest BCUT2D eigenvalue weighted by Gasteiger charge is 2.10. The van der Waals surface area contributed by atoms with Gasteiger partial charge < -0.3 is 10.4 Å². The quantitative estimate of drug-likeness (QED) is 0.339. The number of nitrogens with zero attached hydrogens (tertiary/aromatic N) is 4. The van der Waals surface area contributed by atoms with Crippen LogP contribution in [0.25, 0.3) is 10.4 Å². The Kier molecular flexibility index (Phi) is 5.14. The summed E-state index contributed by atoms with van der Waals surface area (Å²) in [5.74, 6) is -1.58. The third-order valence-corrected chi connectivity index (χ3v) is 2.02. The van der Waals surface area contributed by atoms with Crippen molar-refractivity contribution in [1.82, 2.24) is 10.3 Å². The molecule has 0 bridgehead atoms. The zero-order valence-electron chi connectivity index (χ0n) is 9.41. The molecule has 0 saturated heterocycles. The zero-order chi connectivity index (χ0) is 13.4. The van der Waals surface area contributed by atoms with Gasteiger partial charge in [0.15, 0.2) is 0 Å². The van der Waals surface area contributed by atoms with Crippen LogP contribution in [0.2, 0.25) is 0 Å². The summed E-state index contributed by atoms with van der Waals surface area (Å²) >= 11 is 0. The van der Waals surface area contributed by atoms with E-state index in [9.17, 15) is 9.59 Å². The number of nitrogens with one attached hydrogen (secondary N) is 1. The molecule has 1 amide bonds. The normalized spacial score (nSPS) is 9.33. The summed E-state index contributed by atoms with van der Waals surface area (Å²) in [6.07, 6.45) is 1.77. The third-order valence-electron chi connectivity index (χ3n) is 2.02. The van der Waals surface area contributed by atoms with E-state index < -0.39 is 11.9 Å². The monoisotopic (exact) mass is 249 g/mol. The Labute approximate surface area is 102 Å². The number of pyridine rings is 1. The standard InChI is InChI=1S/C10H11N5O3/c11-15-14-4-1-3-13-9(16)8-6-7(10(17)18)2-5-12-8/h2,5-6H,1,3-4H2,(H,13,16)(H,17,18). The minimum Gasteiger partial charge on any atom is -0.478 e. The highest BCUT2D eigenvalue weighted by Crippen LogP contribution is 2.01. The van der Waals surface area contributed by atoms with Crippen LogP contribution < -0.4 is 5.32 Å². The molecule has 0 unspecified atom stereocenters. The van der Waals surface area contributed by atoms with E-state index in [0.717, 1.165) is 0 Å². The Morgan fingerprint density at radius 2 is 2.33 bits per heavy atom. The molecule has 0 fully saturated rings. The van der Waals surface area contributed by atoms with Gasteiger partial charge in [0.25, 0.3) is 5.91 Å². The van der Waals surface area contributed by atoms with Gasteiger partial charge in [0.2, 0.25) is 0 Å². The number of amides is 1. The number of carboxylic acid groups (broad SMARTS) is 1. The first-order chi connectivity index (χ1) is 8.65. The van der Waals surface area contributed by atoms with E-state index in [-0.39, 0.29) is 11.3 Å². The summed E-state index contributed by atoms with van der Waals surface area (Å²) in [6.45, 7) is 0.621.